The van der Waals surface area contributed by atoms with E-state index in [2.05, 4.69) is 27.5 Å². The highest BCUT2D eigenvalue weighted by molar-refractivity contribution is 7.99. The summed E-state index contributed by atoms with van der Waals surface area (Å²) in [5.74, 6) is 0.670. The third-order valence-corrected chi connectivity index (χ3v) is 5.33. The van der Waals surface area contributed by atoms with Gasteiger partial charge in [-0.05, 0) is 38.1 Å². The van der Waals surface area contributed by atoms with Gasteiger partial charge in [0.1, 0.15) is 5.82 Å². The van der Waals surface area contributed by atoms with E-state index in [0.29, 0.717) is 11.2 Å². The molecule has 2 aromatic heterocycles. The van der Waals surface area contributed by atoms with Gasteiger partial charge in [-0.1, -0.05) is 36.0 Å². The lowest BCUT2D eigenvalue weighted by Crippen LogP contribution is -2.13. The lowest BCUT2D eigenvalue weighted by atomic mass is 10.2. The number of hydrogen-bond donors (Lipinski definition) is 1. The molecular weight excluding hydrogens is 332 g/mol. The van der Waals surface area contributed by atoms with Gasteiger partial charge in [-0.25, -0.2) is 9.97 Å². The second-order valence-electron chi connectivity index (χ2n) is 5.86. The maximum atomic E-state index is 12.3. The van der Waals surface area contributed by atoms with Crippen LogP contribution in [0.4, 0.5) is 0 Å². The molecule has 0 amide bonds. The summed E-state index contributed by atoms with van der Waals surface area (Å²) in [6, 6.07) is 15.5. The van der Waals surface area contributed by atoms with Gasteiger partial charge in [-0.3, -0.25) is 4.79 Å². The molecule has 0 aliphatic rings. The molecule has 0 bridgehead atoms. The third-order valence-electron chi connectivity index (χ3n) is 4.23. The Balaban J connectivity index is 1.73. The number of imidazole rings is 1. The number of benzene rings is 2. The summed E-state index contributed by atoms with van der Waals surface area (Å²) in [6.07, 6.45) is 0. The lowest BCUT2D eigenvalue weighted by molar-refractivity contribution is 0.700. The largest absolute Gasteiger partial charge is 0.319 e. The summed E-state index contributed by atoms with van der Waals surface area (Å²) in [5.41, 5.74) is 2.73. The van der Waals surface area contributed by atoms with Crippen molar-refractivity contribution in [1.29, 1.82) is 0 Å². The first-order chi connectivity index (χ1) is 12.2. The first kappa shape index (κ1) is 15.9. The molecule has 0 radical (unpaired) electrons. The average Bonchev–Trinajstić information content (AvgIpc) is 2.98. The van der Waals surface area contributed by atoms with Crippen LogP contribution < -0.4 is 5.56 Å². The van der Waals surface area contributed by atoms with E-state index < -0.39 is 0 Å². The highest BCUT2D eigenvalue weighted by Crippen LogP contribution is 2.34. The molecule has 0 aliphatic heterocycles. The maximum Gasteiger partial charge on any atom is 0.258 e. The SMILES string of the molecule is CCn1c(SC(C)c2nc3ccccc3c(=O)[nH]2)nc2ccccc21. The number of H-pyrrole nitrogens is 1. The van der Waals surface area contributed by atoms with Gasteiger partial charge in [0.15, 0.2) is 5.16 Å². The number of fused-ring (bicyclic) bond motifs is 2. The summed E-state index contributed by atoms with van der Waals surface area (Å²) >= 11 is 1.61. The van der Waals surface area contributed by atoms with Crippen molar-refractivity contribution in [3.63, 3.8) is 0 Å². The predicted octanol–water partition coefficient (Wildman–Crippen LogP) is 4.15. The maximum absolute atomic E-state index is 12.3. The highest BCUT2D eigenvalue weighted by Gasteiger charge is 2.17. The Labute approximate surface area is 149 Å². The minimum absolute atomic E-state index is 0.0144. The molecule has 1 unspecified atom stereocenters. The first-order valence-electron chi connectivity index (χ1n) is 8.28. The van der Waals surface area contributed by atoms with E-state index in [-0.39, 0.29) is 10.8 Å². The second-order valence-corrected chi connectivity index (χ2v) is 7.16. The van der Waals surface area contributed by atoms with Crippen molar-refractivity contribution in [2.75, 3.05) is 0 Å². The highest BCUT2D eigenvalue weighted by atomic mass is 32.2. The zero-order valence-corrected chi connectivity index (χ0v) is 14.9. The van der Waals surface area contributed by atoms with E-state index in [1.165, 1.54) is 0 Å². The molecule has 25 heavy (non-hydrogen) atoms. The molecule has 6 heteroatoms. The van der Waals surface area contributed by atoms with Crippen molar-refractivity contribution >= 4 is 33.7 Å². The number of nitrogens with one attached hydrogen (secondary N) is 1. The Morgan fingerprint density at radius 1 is 1.08 bits per heavy atom. The van der Waals surface area contributed by atoms with Crippen LogP contribution >= 0.6 is 11.8 Å². The smallest absolute Gasteiger partial charge is 0.258 e. The van der Waals surface area contributed by atoms with Crippen LogP contribution in [0.3, 0.4) is 0 Å². The molecule has 126 valence electrons. The summed E-state index contributed by atoms with van der Waals surface area (Å²) in [6.45, 7) is 4.99. The molecule has 1 N–H and O–H groups in total. The number of para-hydroxylation sites is 3. The molecule has 4 rings (SSSR count). The molecule has 0 aliphatic carbocycles. The van der Waals surface area contributed by atoms with Crippen LogP contribution in [0.15, 0.2) is 58.5 Å². The fourth-order valence-corrected chi connectivity index (χ4v) is 4.01. The molecule has 2 aromatic carbocycles. The van der Waals surface area contributed by atoms with E-state index >= 15 is 0 Å². The van der Waals surface area contributed by atoms with Gasteiger partial charge in [0.2, 0.25) is 0 Å². The van der Waals surface area contributed by atoms with E-state index in [4.69, 9.17) is 4.98 Å². The summed E-state index contributed by atoms with van der Waals surface area (Å²) in [7, 11) is 0. The first-order valence-corrected chi connectivity index (χ1v) is 9.16. The number of hydrogen-bond acceptors (Lipinski definition) is 4. The van der Waals surface area contributed by atoms with Gasteiger partial charge in [0.25, 0.3) is 5.56 Å². The second kappa shape index (κ2) is 6.37. The zero-order chi connectivity index (χ0) is 17.4. The number of rotatable bonds is 4. The third kappa shape index (κ3) is 2.82. The Morgan fingerprint density at radius 3 is 2.60 bits per heavy atom. The van der Waals surface area contributed by atoms with Crippen LogP contribution in [0.25, 0.3) is 21.9 Å². The van der Waals surface area contributed by atoms with Gasteiger partial charge in [0.05, 0.1) is 27.2 Å². The van der Waals surface area contributed by atoms with Crippen molar-refractivity contribution in [3.8, 4) is 0 Å². The van der Waals surface area contributed by atoms with E-state index in [1.54, 1.807) is 17.8 Å². The quantitative estimate of drug-likeness (QED) is 0.562. The minimum atomic E-state index is -0.1000. The van der Waals surface area contributed by atoms with Crippen LogP contribution in [-0.2, 0) is 6.54 Å². The summed E-state index contributed by atoms with van der Waals surface area (Å²) in [4.78, 5) is 24.6. The number of aryl methyl sites for hydroxylation is 1. The fraction of sp³-hybridized carbons (Fsp3) is 0.211. The van der Waals surface area contributed by atoms with Crippen molar-refractivity contribution in [1.82, 2.24) is 19.5 Å². The summed E-state index contributed by atoms with van der Waals surface area (Å²) in [5, 5.41) is 1.54. The van der Waals surface area contributed by atoms with Crippen LogP contribution in [-0.4, -0.2) is 19.5 Å². The van der Waals surface area contributed by atoms with Gasteiger partial charge in [0, 0.05) is 6.54 Å². The van der Waals surface area contributed by atoms with Gasteiger partial charge in [-0.2, -0.15) is 0 Å². The fourth-order valence-electron chi connectivity index (χ4n) is 2.96. The van der Waals surface area contributed by atoms with E-state index in [9.17, 15) is 4.79 Å². The molecule has 1 atom stereocenters. The van der Waals surface area contributed by atoms with Gasteiger partial charge < -0.3 is 9.55 Å². The molecule has 4 aromatic rings. The number of aromatic amines is 1. The number of aromatic nitrogens is 4. The van der Waals surface area contributed by atoms with E-state index in [0.717, 1.165) is 28.3 Å². The Hall–Kier alpha value is -2.60. The Kier molecular flexibility index (Phi) is 4.05. The summed E-state index contributed by atoms with van der Waals surface area (Å²) < 4.78 is 2.19. The zero-order valence-electron chi connectivity index (χ0n) is 14.1. The molecule has 2 heterocycles. The predicted molar refractivity (Wildman–Crippen MR) is 102 cm³/mol. The monoisotopic (exact) mass is 350 g/mol. The Bertz CT molecular complexity index is 1120. The molecule has 0 saturated carbocycles. The molecule has 0 spiro atoms. The van der Waals surface area contributed by atoms with Crippen molar-refractivity contribution in [2.24, 2.45) is 0 Å². The minimum Gasteiger partial charge on any atom is -0.319 e. The van der Waals surface area contributed by atoms with E-state index in [1.807, 2.05) is 43.3 Å². The topological polar surface area (TPSA) is 63.6 Å². The molecule has 0 saturated heterocycles. The standard InChI is InChI=1S/C19H18N4OS/c1-3-23-16-11-7-6-10-15(16)21-19(23)25-12(2)17-20-14-9-5-4-8-13(14)18(24)22-17/h4-12H,3H2,1-2H3,(H,20,22,24). The molecule has 0 fully saturated rings. The number of thioether (sulfide) groups is 1. The van der Waals surface area contributed by atoms with Crippen LogP contribution in [0, 0.1) is 0 Å². The van der Waals surface area contributed by atoms with Crippen LogP contribution in [0.5, 0.6) is 0 Å². The normalized spacial score (nSPS) is 12.7. The van der Waals surface area contributed by atoms with Crippen molar-refractivity contribution < 1.29 is 0 Å². The lowest BCUT2D eigenvalue weighted by Gasteiger charge is -2.12. The van der Waals surface area contributed by atoms with Crippen molar-refractivity contribution in [3.05, 3.63) is 64.7 Å². The van der Waals surface area contributed by atoms with Gasteiger partial charge >= 0.3 is 0 Å². The van der Waals surface area contributed by atoms with Crippen LogP contribution in [0.2, 0.25) is 0 Å². The Morgan fingerprint density at radius 2 is 1.80 bits per heavy atom. The average molecular weight is 350 g/mol. The van der Waals surface area contributed by atoms with Gasteiger partial charge in [-0.15, -0.1) is 0 Å². The molecule has 5 nitrogen and oxygen atoms in total. The van der Waals surface area contributed by atoms with Crippen LogP contribution in [0.1, 0.15) is 24.9 Å². The number of nitrogens with zero attached hydrogens (tertiary/aromatic N) is 3. The molecular formula is C19H18N4OS. The van der Waals surface area contributed by atoms with Crippen molar-refractivity contribution in [2.45, 2.75) is 30.8 Å².